The van der Waals surface area contributed by atoms with Crippen molar-refractivity contribution < 1.29 is 35.5 Å². The van der Waals surface area contributed by atoms with Crippen molar-refractivity contribution in [2.45, 2.75) is 63.2 Å². The lowest BCUT2D eigenvalue weighted by atomic mass is 9.88. The molecule has 0 saturated carbocycles. The number of hydrogen-bond acceptors (Lipinski definition) is 6. The monoisotopic (exact) mass is 620 g/mol. The van der Waals surface area contributed by atoms with Crippen LogP contribution in [-0.4, -0.2) is 43.9 Å². The van der Waals surface area contributed by atoms with E-state index in [0.29, 0.717) is 35.0 Å². The zero-order chi connectivity index (χ0) is 31.2. The molecule has 0 radical (unpaired) electrons. The minimum Gasteiger partial charge on any atom is -0.369 e. The van der Waals surface area contributed by atoms with Gasteiger partial charge in [0.2, 0.25) is 0 Å². The summed E-state index contributed by atoms with van der Waals surface area (Å²) in [6.07, 6.45) is -6.23. The molecule has 0 unspecified atom stereocenters. The van der Waals surface area contributed by atoms with Crippen molar-refractivity contribution in [3.05, 3.63) is 88.8 Å². The summed E-state index contributed by atoms with van der Waals surface area (Å²) in [5.41, 5.74) is -1.95. The van der Waals surface area contributed by atoms with Gasteiger partial charge in [0.1, 0.15) is 23.2 Å². The highest BCUT2D eigenvalue weighted by molar-refractivity contribution is 5.51. The second-order valence-electron chi connectivity index (χ2n) is 11.0. The van der Waals surface area contributed by atoms with Gasteiger partial charge in [-0.2, -0.15) is 26.3 Å². The summed E-state index contributed by atoms with van der Waals surface area (Å²) >= 11 is 0. The van der Waals surface area contributed by atoms with Gasteiger partial charge in [-0.25, -0.2) is 14.4 Å². The van der Waals surface area contributed by atoms with Crippen LogP contribution >= 0.6 is 0 Å². The largest absolute Gasteiger partial charge is 0.416 e. The van der Waals surface area contributed by atoms with Crippen LogP contribution in [0.4, 0.5) is 36.6 Å². The summed E-state index contributed by atoms with van der Waals surface area (Å²) in [5.74, 6) is 0.787. The second kappa shape index (κ2) is 11.5. The Balaban J connectivity index is 1.32. The summed E-state index contributed by atoms with van der Waals surface area (Å²) in [4.78, 5) is 11.2. The zero-order valence-electron chi connectivity index (χ0n) is 23.4. The Hall–Kier alpha value is -4.07. The lowest BCUT2D eigenvalue weighted by molar-refractivity contribution is -0.143. The Morgan fingerprint density at radius 2 is 1.52 bits per heavy atom. The van der Waals surface area contributed by atoms with Crippen LogP contribution in [0.2, 0.25) is 0 Å². The maximum atomic E-state index is 13.8. The van der Waals surface area contributed by atoms with Crippen molar-refractivity contribution in [3.63, 3.8) is 0 Å². The summed E-state index contributed by atoms with van der Waals surface area (Å²) < 4.78 is 103. The van der Waals surface area contributed by atoms with E-state index in [1.807, 2.05) is 4.57 Å². The standard InChI is InChI=1S/C30H27F7N6O/c1-17(19-10-20(29(32,33)34)12-21(11-19)30(35,36)37)44-25-13-26-40-41-28(24-14-39-27(15-38-24)42-8-2-3-9-42)43(26)16-23(25)18-4-6-22(31)7-5-18/h4-7,10-12,14-15,17,23,25H,2-3,8-9,13,16H2,1H3/t17-,23-,25+/m1/s1. The third-order valence-corrected chi connectivity index (χ3v) is 8.09. The van der Waals surface area contributed by atoms with E-state index in [1.165, 1.54) is 19.1 Å². The maximum Gasteiger partial charge on any atom is 0.416 e. The van der Waals surface area contributed by atoms with Gasteiger partial charge in [0, 0.05) is 32.0 Å². The molecule has 0 bridgehead atoms. The number of anilines is 1. The molecule has 1 saturated heterocycles. The van der Waals surface area contributed by atoms with Gasteiger partial charge in [-0.05, 0) is 61.2 Å². The molecule has 4 aromatic rings. The molecule has 0 aliphatic carbocycles. The lowest BCUT2D eigenvalue weighted by Crippen LogP contribution is -2.35. The topological polar surface area (TPSA) is 69.0 Å². The number of aromatic nitrogens is 5. The third-order valence-electron chi connectivity index (χ3n) is 8.09. The first kappa shape index (κ1) is 30.0. The molecule has 232 valence electrons. The van der Waals surface area contributed by atoms with E-state index in [2.05, 4.69) is 25.1 Å². The van der Waals surface area contributed by atoms with E-state index in [4.69, 9.17) is 4.74 Å². The van der Waals surface area contributed by atoms with Crippen LogP contribution in [0.3, 0.4) is 0 Å². The molecule has 0 amide bonds. The summed E-state index contributed by atoms with van der Waals surface area (Å²) in [7, 11) is 0. The molecule has 0 spiro atoms. The molecule has 14 heteroatoms. The van der Waals surface area contributed by atoms with Gasteiger partial charge in [0.05, 0.1) is 35.7 Å². The van der Waals surface area contributed by atoms with Crippen LogP contribution < -0.4 is 4.90 Å². The lowest BCUT2D eigenvalue weighted by Gasteiger charge is -2.35. The Kier molecular flexibility index (Phi) is 7.80. The molecule has 1 fully saturated rings. The Morgan fingerprint density at radius 3 is 2.11 bits per heavy atom. The molecule has 3 atom stereocenters. The van der Waals surface area contributed by atoms with Crippen LogP contribution in [0.1, 0.15) is 59.9 Å². The normalized spacial score (nSPS) is 19.7. The van der Waals surface area contributed by atoms with Crippen LogP contribution in [0.5, 0.6) is 0 Å². The smallest absolute Gasteiger partial charge is 0.369 e. The van der Waals surface area contributed by atoms with Crippen LogP contribution in [0, 0.1) is 5.82 Å². The first-order chi connectivity index (χ1) is 20.9. The number of alkyl halides is 6. The number of halogens is 7. The fourth-order valence-corrected chi connectivity index (χ4v) is 5.78. The summed E-state index contributed by atoms with van der Waals surface area (Å²) in [6, 6.07) is 7.14. The quantitative estimate of drug-likeness (QED) is 0.216. The number of fused-ring (bicyclic) bond motifs is 1. The molecular weight excluding hydrogens is 593 g/mol. The number of benzene rings is 2. The van der Waals surface area contributed by atoms with E-state index in [9.17, 15) is 30.7 Å². The van der Waals surface area contributed by atoms with Gasteiger partial charge in [0.25, 0.3) is 0 Å². The highest BCUT2D eigenvalue weighted by Gasteiger charge is 2.39. The molecule has 2 aliphatic heterocycles. The fraction of sp³-hybridized carbons (Fsp3) is 0.400. The van der Waals surface area contributed by atoms with Gasteiger partial charge in [-0.1, -0.05) is 12.1 Å². The molecule has 44 heavy (non-hydrogen) atoms. The number of nitrogens with zero attached hydrogens (tertiary/aromatic N) is 6. The predicted molar refractivity (Wildman–Crippen MR) is 145 cm³/mol. The molecule has 2 aromatic carbocycles. The summed E-state index contributed by atoms with van der Waals surface area (Å²) in [6.45, 7) is 3.46. The first-order valence-corrected chi connectivity index (χ1v) is 14.1. The van der Waals surface area contributed by atoms with E-state index >= 15 is 0 Å². The Morgan fingerprint density at radius 1 is 0.864 bits per heavy atom. The van der Waals surface area contributed by atoms with Crippen molar-refractivity contribution in [1.82, 2.24) is 24.7 Å². The zero-order valence-corrected chi connectivity index (χ0v) is 23.4. The Bertz CT molecular complexity index is 1580. The van der Waals surface area contributed by atoms with Crippen molar-refractivity contribution >= 4 is 5.82 Å². The second-order valence-corrected chi connectivity index (χ2v) is 11.0. The van der Waals surface area contributed by atoms with Crippen molar-refractivity contribution in [3.8, 4) is 11.5 Å². The average Bonchev–Trinajstić information content (AvgIpc) is 3.67. The van der Waals surface area contributed by atoms with Crippen molar-refractivity contribution in [2.24, 2.45) is 0 Å². The first-order valence-electron chi connectivity index (χ1n) is 14.1. The van der Waals surface area contributed by atoms with Gasteiger partial charge >= 0.3 is 12.4 Å². The average molecular weight is 621 g/mol. The van der Waals surface area contributed by atoms with Gasteiger partial charge < -0.3 is 14.2 Å². The number of hydrogen-bond donors (Lipinski definition) is 0. The molecule has 7 nitrogen and oxygen atoms in total. The van der Waals surface area contributed by atoms with Gasteiger partial charge in [-0.15, -0.1) is 10.2 Å². The van der Waals surface area contributed by atoms with Crippen LogP contribution in [-0.2, 0) is 30.1 Å². The molecule has 4 heterocycles. The predicted octanol–water partition coefficient (Wildman–Crippen LogP) is 7.00. The van der Waals surface area contributed by atoms with E-state index in [-0.39, 0.29) is 24.6 Å². The molecule has 0 N–H and O–H groups in total. The molecule has 6 rings (SSSR count). The van der Waals surface area contributed by atoms with E-state index < -0.39 is 47.4 Å². The molecule has 2 aliphatic rings. The minimum atomic E-state index is -4.99. The highest BCUT2D eigenvalue weighted by atomic mass is 19.4. The van der Waals surface area contributed by atoms with Gasteiger partial charge in [0.15, 0.2) is 5.82 Å². The number of ether oxygens (including phenoxy) is 1. The highest BCUT2D eigenvalue weighted by Crippen LogP contribution is 2.40. The van der Waals surface area contributed by atoms with Crippen LogP contribution in [0.15, 0.2) is 54.9 Å². The van der Waals surface area contributed by atoms with E-state index in [1.54, 1.807) is 24.5 Å². The Labute approximate surface area is 247 Å². The minimum absolute atomic E-state index is 0.0860. The van der Waals surface area contributed by atoms with Crippen LogP contribution in [0.25, 0.3) is 11.5 Å². The fourth-order valence-electron chi connectivity index (χ4n) is 5.78. The molecular formula is C30H27F7N6O. The van der Waals surface area contributed by atoms with Crippen molar-refractivity contribution in [1.29, 1.82) is 0 Å². The third kappa shape index (κ3) is 6.12. The summed E-state index contributed by atoms with van der Waals surface area (Å²) in [5, 5.41) is 8.61. The molecule has 2 aromatic heterocycles. The van der Waals surface area contributed by atoms with E-state index in [0.717, 1.165) is 31.7 Å². The SMILES string of the molecule is C[C@@H](O[C@H]1Cc2nnc(-c3cnc(N4CCCC4)cn3)n2C[C@@H]1c1ccc(F)cc1)c1cc(C(F)(F)F)cc(C(F)(F)F)c1. The van der Waals surface area contributed by atoms with Gasteiger partial charge in [-0.3, -0.25) is 0 Å². The number of rotatable bonds is 6. The maximum absolute atomic E-state index is 13.8. The van der Waals surface area contributed by atoms with Crippen molar-refractivity contribution in [2.75, 3.05) is 18.0 Å².